The molecule has 2 atom stereocenters. The van der Waals surface area contributed by atoms with Crippen molar-refractivity contribution < 1.29 is 4.39 Å². The molecule has 0 bridgehead atoms. The molecular weight excluding hydrogens is 239 g/mol. The van der Waals surface area contributed by atoms with Crippen molar-refractivity contribution in [3.63, 3.8) is 0 Å². The number of anilines is 1. The highest BCUT2D eigenvalue weighted by Crippen LogP contribution is 2.37. The van der Waals surface area contributed by atoms with Crippen molar-refractivity contribution in [1.82, 2.24) is 0 Å². The Morgan fingerprint density at radius 1 is 1.42 bits per heavy atom. The van der Waals surface area contributed by atoms with E-state index in [2.05, 4.69) is 25.8 Å². The fraction of sp³-hybridized carbons (Fsp3) is 0.625. The Bertz CT molecular complexity index is 429. The number of benzene rings is 1. The molecule has 0 spiro atoms. The average molecular weight is 264 g/mol. The smallest absolute Gasteiger partial charge is 0.123 e. The highest BCUT2D eigenvalue weighted by molar-refractivity contribution is 5.54. The molecule has 1 saturated carbocycles. The van der Waals surface area contributed by atoms with Gasteiger partial charge in [0, 0.05) is 24.8 Å². The Balaban J connectivity index is 2.22. The van der Waals surface area contributed by atoms with Gasteiger partial charge in [-0.05, 0) is 62.3 Å². The minimum Gasteiger partial charge on any atom is -0.371 e. The minimum atomic E-state index is -0.172. The number of nitrogens with zero attached hydrogens (tertiary/aromatic N) is 1. The predicted octanol–water partition coefficient (Wildman–Crippen LogP) is 3.34. The van der Waals surface area contributed by atoms with Crippen LogP contribution in [0.5, 0.6) is 0 Å². The number of hydrogen-bond donors (Lipinski definition) is 1. The first-order valence-corrected chi connectivity index (χ1v) is 7.29. The first-order chi connectivity index (χ1) is 9.02. The summed E-state index contributed by atoms with van der Waals surface area (Å²) in [7, 11) is 2.11. The summed E-state index contributed by atoms with van der Waals surface area (Å²) in [6.07, 6.45) is 4.29. The van der Waals surface area contributed by atoms with E-state index in [-0.39, 0.29) is 11.9 Å². The van der Waals surface area contributed by atoms with Gasteiger partial charge in [-0.2, -0.15) is 0 Å². The van der Waals surface area contributed by atoms with E-state index in [1.54, 1.807) is 12.1 Å². The largest absolute Gasteiger partial charge is 0.371 e. The second-order valence-corrected chi connectivity index (χ2v) is 5.83. The lowest BCUT2D eigenvalue weighted by atomic mass is 10.0. The summed E-state index contributed by atoms with van der Waals surface area (Å²) in [5.74, 6) is 0.622. The van der Waals surface area contributed by atoms with Gasteiger partial charge in [0.2, 0.25) is 0 Å². The van der Waals surface area contributed by atoms with Crippen molar-refractivity contribution >= 4 is 5.69 Å². The van der Waals surface area contributed by atoms with Gasteiger partial charge >= 0.3 is 0 Å². The van der Waals surface area contributed by atoms with Gasteiger partial charge in [0.05, 0.1) is 0 Å². The van der Waals surface area contributed by atoms with E-state index in [4.69, 9.17) is 5.73 Å². The van der Waals surface area contributed by atoms with Crippen LogP contribution < -0.4 is 10.6 Å². The van der Waals surface area contributed by atoms with Gasteiger partial charge in [-0.25, -0.2) is 4.39 Å². The fourth-order valence-corrected chi connectivity index (χ4v) is 2.60. The van der Waals surface area contributed by atoms with Crippen LogP contribution in [0.4, 0.5) is 10.1 Å². The first kappa shape index (κ1) is 14.3. The van der Waals surface area contributed by atoms with Gasteiger partial charge in [-0.15, -0.1) is 0 Å². The molecule has 0 amide bonds. The lowest BCUT2D eigenvalue weighted by Crippen LogP contribution is -2.32. The zero-order chi connectivity index (χ0) is 14.0. The van der Waals surface area contributed by atoms with Crippen LogP contribution in [0.1, 0.15) is 38.7 Å². The van der Waals surface area contributed by atoms with E-state index in [0.717, 1.165) is 30.0 Å². The molecule has 1 aliphatic rings. The highest BCUT2D eigenvalue weighted by atomic mass is 19.1. The predicted molar refractivity (Wildman–Crippen MR) is 79.0 cm³/mol. The van der Waals surface area contributed by atoms with Crippen LogP contribution in [0.15, 0.2) is 18.2 Å². The molecule has 2 N–H and O–H groups in total. The molecule has 1 fully saturated rings. The molecule has 0 saturated heterocycles. The molecule has 1 aliphatic carbocycles. The zero-order valence-corrected chi connectivity index (χ0v) is 12.2. The van der Waals surface area contributed by atoms with Crippen molar-refractivity contribution in [2.45, 2.75) is 51.6 Å². The minimum absolute atomic E-state index is 0.102. The van der Waals surface area contributed by atoms with Crippen LogP contribution in [0.3, 0.4) is 0 Å². The third kappa shape index (κ3) is 3.47. The van der Waals surface area contributed by atoms with Gasteiger partial charge < -0.3 is 10.6 Å². The monoisotopic (exact) mass is 264 g/mol. The third-order valence-electron chi connectivity index (χ3n) is 4.34. The van der Waals surface area contributed by atoms with Crippen molar-refractivity contribution in [3.05, 3.63) is 29.6 Å². The SMILES string of the molecule is CCC(N)Cc1cc(F)ccc1N(C)C(C)C1CC1. The Labute approximate surface area is 115 Å². The molecule has 0 radical (unpaired) electrons. The molecule has 1 aromatic rings. The van der Waals surface area contributed by atoms with Crippen molar-refractivity contribution in [2.75, 3.05) is 11.9 Å². The van der Waals surface area contributed by atoms with Crippen LogP contribution >= 0.6 is 0 Å². The molecule has 0 aliphatic heterocycles. The van der Waals surface area contributed by atoms with Crippen LogP contribution in [-0.2, 0) is 6.42 Å². The Morgan fingerprint density at radius 3 is 2.68 bits per heavy atom. The molecule has 2 unspecified atom stereocenters. The quantitative estimate of drug-likeness (QED) is 0.854. The zero-order valence-electron chi connectivity index (χ0n) is 12.2. The van der Waals surface area contributed by atoms with Crippen molar-refractivity contribution in [2.24, 2.45) is 11.7 Å². The van der Waals surface area contributed by atoms with Gasteiger partial charge in [0.25, 0.3) is 0 Å². The molecule has 3 heteroatoms. The summed E-state index contributed by atoms with van der Waals surface area (Å²) < 4.78 is 13.5. The summed E-state index contributed by atoms with van der Waals surface area (Å²) >= 11 is 0. The summed E-state index contributed by atoms with van der Waals surface area (Å²) in [5.41, 5.74) is 8.19. The van der Waals surface area contributed by atoms with Crippen molar-refractivity contribution in [3.8, 4) is 0 Å². The van der Waals surface area contributed by atoms with Gasteiger partial charge in [0.1, 0.15) is 5.82 Å². The van der Waals surface area contributed by atoms with Crippen LogP contribution in [0.25, 0.3) is 0 Å². The Kier molecular flexibility index (Phi) is 4.46. The summed E-state index contributed by atoms with van der Waals surface area (Å²) in [5, 5.41) is 0. The van der Waals surface area contributed by atoms with E-state index in [1.807, 2.05) is 6.07 Å². The molecule has 0 heterocycles. The molecular formula is C16H25FN2. The lowest BCUT2D eigenvalue weighted by molar-refractivity contribution is 0.593. The maximum Gasteiger partial charge on any atom is 0.123 e. The molecule has 19 heavy (non-hydrogen) atoms. The Hall–Kier alpha value is -1.09. The van der Waals surface area contributed by atoms with Gasteiger partial charge in [0.15, 0.2) is 0 Å². The third-order valence-corrected chi connectivity index (χ3v) is 4.34. The van der Waals surface area contributed by atoms with E-state index in [9.17, 15) is 4.39 Å². The highest BCUT2D eigenvalue weighted by Gasteiger charge is 2.31. The standard InChI is InChI=1S/C16H25FN2/c1-4-15(18)10-13-9-14(17)7-8-16(13)19(3)11(2)12-5-6-12/h7-9,11-12,15H,4-6,10,18H2,1-3H3. The first-order valence-electron chi connectivity index (χ1n) is 7.29. The molecule has 0 aromatic heterocycles. The number of nitrogens with two attached hydrogens (primary N) is 1. The second kappa shape index (κ2) is 5.91. The van der Waals surface area contributed by atoms with E-state index >= 15 is 0 Å². The number of halogens is 1. The van der Waals surface area contributed by atoms with E-state index in [1.165, 1.54) is 12.8 Å². The van der Waals surface area contributed by atoms with Crippen LogP contribution in [0, 0.1) is 11.7 Å². The Morgan fingerprint density at radius 2 is 2.11 bits per heavy atom. The summed E-state index contributed by atoms with van der Waals surface area (Å²) in [6.45, 7) is 4.32. The van der Waals surface area contributed by atoms with Crippen LogP contribution in [-0.4, -0.2) is 19.1 Å². The van der Waals surface area contributed by atoms with Crippen molar-refractivity contribution in [1.29, 1.82) is 0 Å². The maximum absolute atomic E-state index is 13.5. The summed E-state index contributed by atoms with van der Waals surface area (Å²) in [4.78, 5) is 2.29. The fourth-order valence-electron chi connectivity index (χ4n) is 2.60. The summed E-state index contributed by atoms with van der Waals surface area (Å²) in [6, 6.07) is 5.70. The molecule has 2 nitrogen and oxygen atoms in total. The average Bonchev–Trinajstić information content (AvgIpc) is 3.21. The molecule has 2 rings (SSSR count). The second-order valence-electron chi connectivity index (χ2n) is 5.83. The lowest BCUT2D eigenvalue weighted by Gasteiger charge is -2.29. The molecule has 106 valence electrons. The molecule has 1 aromatic carbocycles. The maximum atomic E-state index is 13.5. The van der Waals surface area contributed by atoms with Gasteiger partial charge in [-0.3, -0.25) is 0 Å². The topological polar surface area (TPSA) is 29.3 Å². The number of hydrogen-bond acceptors (Lipinski definition) is 2. The van der Waals surface area contributed by atoms with E-state index < -0.39 is 0 Å². The van der Waals surface area contributed by atoms with E-state index in [0.29, 0.717) is 6.04 Å². The number of rotatable bonds is 6. The van der Waals surface area contributed by atoms with Gasteiger partial charge in [-0.1, -0.05) is 6.92 Å². The normalized spacial score (nSPS) is 18.2. The van der Waals surface area contributed by atoms with Crippen LogP contribution in [0.2, 0.25) is 0 Å².